The number of methoxy groups -OCH3 is 2. The van der Waals surface area contributed by atoms with E-state index in [1.807, 2.05) is 18.4 Å². The Morgan fingerprint density at radius 3 is 2.23 bits per heavy atom. The number of carbonyl (C=O) groups is 2. The third kappa shape index (κ3) is 7.34. The Labute approximate surface area is 237 Å². The van der Waals surface area contributed by atoms with E-state index in [1.165, 1.54) is 25.8 Å². The third-order valence-electron chi connectivity index (χ3n) is 6.27. The number of primary amides is 1. The summed E-state index contributed by atoms with van der Waals surface area (Å²) in [5.74, 6) is 0.162. The number of phenolic OH excluding ortho intramolecular Hbond substituents is 1. The Morgan fingerprint density at radius 2 is 1.62 bits per heavy atom. The van der Waals surface area contributed by atoms with Gasteiger partial charge in [-0.25, -0.2) is 4.79 Å². The van der Waals surface area contributed by atoms with E-state index in [9.17, 15) is 19.5 Å². The molecule has 0 aliphatic heterocycles. The van der Waals surface area contributed by atoms with Crippen molar-refractivity contribution in [3.8, 4) is 34.1 Å². The highest BCUT2D eigenvalue weighted by Gasteiger charge is 2.27. The molecule has 0 bridgehead atoms. The molecule has 0 saturated heterocycles. The maximum Gasteiger partial charge on any atom is 0.328 e. The van der Waals surface area contributed by atoms with Crippen LogP contribution in [0.25, 0.3) is 11.1 Å². The van der Waals surface area contributed by atoms with Crippen LogP contribution in [-0.4, -0.2) is 43.5 Å². The van der Waals surface area contributed by atoms with Crippen molar-refractivity contribution in [3.63, 3.8) is 0 Å². The highest BCUT2D eigenvalue weighted by Crippen LogP contribution is 2.49. The van der Waals surface area contributed by atoms with Crippen molar-refractivity contribution in [1.29, 1.82) is 0 Å². The quantitative estimate of drug-likeness (QED) is 0.221. The van der Waals surface area contributed by atoms with E-state index in [2.05, 4.69) is 5.73 Å². The number of nitrogens with two attached hydrogens (primary N) is 2. The molecule has 0 aromatic heterocycles. The van der Waals surface area contributed by atoms with Gasteiger partial charge in [0.15, 0.2) is 16.9 Å². The molecule has 212 valence electrons. The van der Waals surface area contributed by atoms with Gasteiger partial charge >= 0.3 is 5.97 Å². The molecule has 1 unspecified atom stereocenters. The average molecular weight is 567 g/mol. The van der Waals surface area contributed by atoms with E-state index < -0.39 is 12.0 Å². The number of hydrogen-bond acceptors (Lipinski definition) is 9. The van der Waals surface area contributed by atoms with Crippen LogP contribution in [0.2, 0.25) is 0 Å². The molecule has 3 aromatic carbocycles. The van der Waals surface area contributed by atoms with E-state index in [1.54, 1.807) is 43.5 Å². The molecule has 5 N–H and O–H groups in total. The van der Waals surface area contributed by atoms with Crippen molar-refractivity contribution in [2.75, 3.05) is 20.5 Å². The van der Waals surface area contributed by atoms with Gasteiger partial charge in [0.1, 0.15) is 11.8 Å². The van der Waals surface area contributed by atoms with Gasteiger partial charge < -0.3 is 30.8 Å². The molecule has 1 aliphatic carbocycles. The summed E-state index contributed by atoms with van der Waals surface area (Å²) in [6, 6.07) is 12.9. The molecule has 1 aliphatic rings. The number of phenols is 1. The summed E-state index contributed by atoms with van der Waals surface area (Å²) >= 11 is 1.41. The second kappa shape index (κ2) is 13.9. The maximum absolute atomic E-state index is 12.9. The first kappa shape index (κ1) is 30.5. The SMILES string of the molecule is CC(N)=O.COc1c(OC(=O)C(N)Cc2ccc(O)cc2)cc2c(c1OC)-c1ccc(SC)c(=O)cc1CCC2. The molecule has 0 radical (unpaired) electrons. The van der Waals surface area contributed by atoms with Gasteiger partial charge in [0.05, 0.1) is 19.1 Å². The number of amides is 1. The highest BCUT2D eigenvalue weighted by molar-refractivity contribution is 7.98. The number of rotatable bonds is 7. The van der Waals surface area contributed by atoms with Gasteiger partial charge in [-0.1, -0.05) is 18.2 Å². The monoisotopic (exact) mass is 566 g/mol. The number of aryl methyl sites for hydroxylation is 2. The van der Waals surface area contributed by atoms with Crippen molar-refractivity contribution in [1.82, 2.24) is 0 Å². The van der Waals surface area contributed by atoms with Gasteiger partial charge in [0.25, 0.3) is 0 Å². The zero-order chi connectivity index (χ0) is 29.4. The Kier molecular flexibility index (Phi) is 10.6. The summed E-state index contributed by atoms with van der Waals surface area (Å²) in [5.41, 5.74) is 15.0. The van der Waals surface area contributed by atoms with E-state index in [4.69, 9.17) is 19.9 Å². The summed E-state index contributed by atoms with van der Waals surface area (Å²) in [5, 5.41) is 9.47. The number of fused-ring (bicyclic) bond motifs is 3. The minimum absolute atomic E-state index is 0.00806. The fraction of sp³-hybridized carbons (Fsp3) is 0.300. The average Bonchev–Trinajstić information content (AvgIpc) is 3.17. The van der Waals surface area contributed by atoms with Gasteiger partial charge in [0, 0.05) is 12.5 Å². The second-order valence-corrected chi connectivity index (χ2v) is 10.0. The molecule has 1 atom stereocenters. The zero-order valence-corrected chi connectivity index (χ0v) is 23.8. The van der Waals surface area contributed by atoms with Crippen molar-refractivity contribution >= 4 is 23.6 Å². The first-order valence-electron chi connectivity index (χ1n) is 12.6. The van der Waals surface area contributed by atoms with Crippen molar-refractivity contribution < 1.29 is 28.9 Å². The lowest BCUT2D eigenvalue weighted by Crippen LogP contribution is -2.36. The summed E-state index contributed by atoms with van der Waals surface area (Å²) in [6.07, 6.45) is 4.40. The normalized spacial score (nSPS) is 12.4. The van der Waals surface area contributed by atoms with E-state index in [-0.39, 0.29) is 35.0 Å². The van der Waals surface area contributed by atoms with Crippen LogP contribution in [0.4, 0.5) is 0 Å². The molecule has 40 heavy (non-hydrogen) atoms. The summed E-state index contributed by atoms with van der Waals surface area (Å²) in [6.45, 7) is 1.31. The predicted molar refractivity (Wildman–Crippen MR) is 155 cm³/mol. The molecule has 1 amide bonds. The molecule has 0 saturated carbocycles. The molecule has 10 heteroatoms. The third-order valence-corrected chi connectivity index (χ3v) is 7.05. The van der Waals surface area contributed by atoms with Gasteiger partial charge in [-0.2, -0.15) is 0 Å². The zero-order valence-electron chi connectivity index (χ0n) is 23.0. The van der Waals surface area contributed by atoms with E-state index in [0.29, 0.717) is 17.1 Å². The number of benzene rings is 2. The van der Waals surface area contributed by atoms with Gasteiger partial charge in [-0.15, -0.1) is 11.8 Å². The van der Waals surface area contributed by atoms with Crippen molar-refractivity contribution in [2.45, 2.75) is 43.5 Å². The lowest BCUT2D eigenvalue weighted by molar-refractivity contribution is -0.136. The van der Waals surface area contributed by atoms with Crippen LogP contribution in [0.5, 0.6) is 23.0 Å². The van der Waals surface area contributed by atoms with Crippen LogP contribution in [0, 0.1) is 0 Å². The van der Waals surface area contributed by atoms with E-state index >= 15 is 0 Å². The minimum Gasteiger partial charge on any atom is -0.508 e. The fourth-order valence-corrected chi connectivity index (χ4v) is 4.99. The first-order valence-corrected chi connectivity index (χ1v) is 13.8. The van der Waals surface area contributed by atoms with Gasteiger partial charge in [-0.05, 0) is 84.5 Å². The standard InChI is InChI=1S/C28H29NO6S.C2H5NO/c1-33-26-23(35-28(32)21(29)13-16-7-9-19(30)10-8-16)15-18-6-4-5-17-14-22(31)24(36-3)12-11-20(17)25(18)27(26)34-2;1-2(3)4/h7-12,14-15,21,30H,4-6,13,29H2,1-3H3;1H3,(H2,3,4). The number of carbonyl (C=O) groups excluding carboxylic acids is 2. The smallest absolute Gasteiger partial charge is 0.328 e. The van der Waals surface area contributed by atoms with Crippen LogP contribution in [0.3, 0.4) is 0 Å². The Balaban J connectivity index is 0.00000103. The minimum atomic E-state index is -0.913. The number of ether oxygens (including phenoxy) is 3. The van der Waals surface area contributed by atoms with Crippen LogP contribution in [0.1, 0.15) is 30.0 Å². The first-order chi connectivity index (χ1) is 19.1. The molecule has 0 spiro atoms. The Hall–Kier alpha value is -4.02. The van der Waals surface area contributed by atoms with Crippen LogP contribution >= 0.6 is 11.8 Å². The van der Waals surface area contributed by atoms with Crippen LogP contribution in [-0.2, 0) is 28.9 Å². The van der Waals surface area contributed by atoms with Crippen molar-refractivity contribution in [3.05, 3.63) is 75.4 Å². The van der Waals surface area contributed by atoms with Gasteiger partial charge in [-0.3, -0.25) is 9.59 Å². The lowest BCUT2D eigenvalue weighted by Gasteiger charge is -2.20. The molecular formula is C30H34N2O7S. The fourth-order valence-electron chi connectivity index (χ4n) is 4.52. The summed E-state index contributed by atoms with van der Waals surface area (Å²) in [7, 11) is 3.03. The number of thioether (sulfide) groups is 1. The Morgan fingerprint density at radius 1 is 1.00 bits per heavy atom. The largest absolute Gasteiger partial charge is 0.508 e. The van der Waals surface area contributed by atoms with Crippen LogP contribution in [0.15, 0.2) is 58.2 Å². The molecule has 3 aromatic rings. The maximum atomic E-state index is 12.9. The molecule has 0 heterocycles. The topological polar surface area (TPSA) is 151 Å². The highest BCUT2D eigenvalue weighted by atomic mass is 32.2. The van der Waals surface area contributed by atoms with E-state index in [0.717, 1.165) is 40.7 Å². The molecule has 9 nitrogen and oxygen atoms in total. The van der Waals surface area contributed by atoms with Crippen LogP contribution < -0.4 is 31.1 Å². The molecule has 4 rings (SSSR count). The summed E-state index contributed by atoms with van der Waals surface area (Å²) in [4.78, 5) is 35.4. The number of aromatic hydroxyl groups is 1. The number of esters is 1. The predicted octanol–water partition coefficient (Wildman–Crippen LogP) is 3.61. The second-order valence-electron chi connectivity index (χ2n) is 9.19. The number of hydrogen-bond donors (Lipinski definition) is 3. The molecule has 0 fully saturated rings. The lowest BCUT2D eigenvalue weighted by atomic mass is 9.96. The Bertz CT molecular complexity index is 1440. The molecular weight excluding hydrogens is 532 g/mol. The van der Waals surface area contributed by atoms with Crippen molar-refractivity contribution in [2.24, 2.45) is 11.5 Å². The summed E-state index contributed by atoms with van der Waals surface area (Å²) < 4.78 is 17.2. The van der Waals surface area contributed by atoms with Gasteiger partial charge in [0.2, 0.25) is 11.7 Å².